The quantitative estimate of drug-likeness (QED) is 0.188. The fourth-order valence-corrected chi connectivity index (χ4v) is 7.47. The van der Waals surface area contributed by atoms with Gasteiger partial charge in [-0.15, -0.1) is 0 Å². The topological polar surface area (TPSA) is 61.2 Å². The fraction of sp³-hybridized carbons (Fsp3) is 0.312. The van der Waals surface area contributed by atoms with E-state index in [1.165, 1.54) is 17.1 Å². The number of hydrogen-bond donors (Lipinski definition) is 1. The summed E-state index contributed by atoms with van der Waals surface area (Å²) in [5.41, 5.74) is 4.61. The van der Waals surface area contributed by atoms with Crippen molar-refractivity contribution < 1.29 is 13.9 Å². The lowest BCUT2D eigenvalue weighted by Gasteiger charge is -2.38. The molecule has 0 spiro atoms. The molecule has 0 saturated carbocycles. The smallest absolute Gasteiger partial charge is 0.149 e. The lowest BCUT2D eigenvalue weighted by Crippen LogP contribution is -2.45. The fourth-order valence-electron chi connectivity index (χ4n) is 5.50. The van der Waals surface area contributed by atoms with E-state index in [2.05, 4.69) is 71.6 Å². The number of ether oxygens (including phenoxy) is 2. The number of fused-ring (bicyclic) bond motifs is 3. The Morgan fingerprint density at radius 3 is 2.19 bits per heavy atom. The minimum atomic E-state index is -0.377. The maximum absolute atomic E-state index is 14.1. The molecule has 0 radical (unpaired) electrons. The summed E-state index contributed by atoms with van der Waals surface area (Å²) in [6.45, 7) is 9.13. The Morgan fingerprint density at radius 2 is 1.51 bits per heavy atom. The molecule has 0 aliphatic carbocycles. The molecule has 6 nitrogen and oxygen atoms in total. The van der Waals surface area contributed by atoms with Gasteiger partial charge in [0, 0.05) is 77.2 Å². The number of rotatable bonds is 6. The summed E-state index contributed by atoms with van der Waals surface area (Å²) in [6.07, 6.45) is 6.53. The lowest BCUT2D eigenvalue weighted by atomic mass is 9.88. The van der Waals surface area contributed by atoms with Gasteiger partial charge in [-0.05, 0) is 68.3 Å². The van der Waals surface area contributed by atoms with Crippen molar-refractivity contribution in [2.45, 2.75) is 20.4 Å². The van der Waals surface area contributed by atoms with Gasteiger partial charge in [-0.3, -0.25) is 9.97 Å². The van der Waals surface area contributed by atoms with E-state index in [0.717, 1.165) is 70.1 Å². The van der Waals surface area contributed by atoms with Crippen LogP contribution in [0.25, 0.3) is 32.9 Å². The third-order valence-electron chi connectivity index (χ3n) is 7.83. The molecule has 2 aromatic carbocycles. The lowest BCUT2D eigenvalue weighted by molar-refractivity contribution is -0.109. The molecule has 0 amide bonds. The molecule has 224 valence electrons. The Hall–Kier alpha value is -2.27. The van der Waals surface area contributed by atoms with Gasteiger partial charge in [0.25, 0.3) is 0 Å². The maximum Gasteiger partial charge on any atom is 0.149 e. The Bertz CT molecular complexity index is 1830. The summed E-state index contributed by atoms with van der Waals surface area (Å²) < 4.78 is 28.9. The summed E-state index contributed by atoms with van der Waals surface area (Å²) in [5.74, 6) is -0.377. The normalized spacial score (nSPS) is 16.7. The number of halogens is 5. The zero-order valence-corrected chi connectivity index (χ0v) is 28.2. The van der Waals surface area contributed by atoms with Crippen LogP contribution < -0.4 is 5.32 Å². The molecule has 2 saturated heterocycles. The van der Waals surface area contributed by atoms with Crippen molar-refractivity contribution >= 4 is 82.6 Å². The van der Waals surface area contributed by atoms with E-state index < -0.39 is 0 Å². The molecule has 43 heavy (non-hydrogen) atoms. The van der Waals surface area contributed by atoms with E-state index in [1.54, 1.807) is 24.4 Å². The number of aromatic nitrogens is 3. The standard InChI is InChI=1S/C16H15BrClFN2O.C16H14BrClN2O/c1-16(8-22-9-16)7-21-15-12(4-10(18)5-13(15)17)11-2-3-20-6-14(11)19;1-16(8-21-9-16)7-20-14-6-19-3-2-11(14)12-4-10(18)5-13(17)15(12)20/h2-6,21H,7-9H2,1H3;2-6H,7-9H2,1H3. The molecular formula is C32H29Br2Cl2FN4O2. The number of nitrogens with one attached hydrogen (secondary N) is 1. The van der Waals surface area contributed by atoms with Crippen molar-refractivity contribution in [1.29, 1.82) is 0 Å². The Morgan fingerprint density at radius 1 is 0.860 bits per heavy atom. The summed E-state index contributed by atoms with van der Waals surface area (Å²) in [5, 5.41) is 7.04. The molecule has 3 aromatic heterocycles. The average molecular weight is 751 g/mol. The Kier molecular flexibility index (Phi) is 8.76. The molecule has 2 fully saturated rings. The predicted octanol–water partition coefficient (Wildman–Crippen LogP) is 9.39. The van der Waals surface area contributed by atoms with Gasteiger partial charge in [0.05, 0.1) is 55.5 Å². The van der Waals surface area contributed by atoms with E-state index in [9.17, 15) is 4.39 Å². The van der Waals surface area contributed by atoms with Crippen LogP contribution in [0, 0.1) is 16.6 Å². The molecule has 0 unspecified atom stereocenters. The number of nitrogens with zero attached hydrogens (tertiary/aromatic N) is 3. The number of benzene rings is 2. The molecule has 0 atom stereocenters. The van der Waals surface area contributed by atoms with Crippen LogP contribution in [0.2, 0.25) is 10.0 Å². The zero-order chi connectivity index (χ0) is 30.4. The van der Waals surface area contributed by atoms with E-state index >= 15 is 0 Å². The summed E-state index contributed by atoms with van der Waals surface area (Å²) in [7, 11) is 0. The van der Waals surface area contributed by atoms with E-state index in [1.807, 2.05) is 24.5 Å². The van der Waals surface area contributed by atoms with Crippen molar-refractivity contribution in [3.8, 4) is 11.1 Å². The number of pyridine rings is 2. The third kappa shape index (κ3) is 6.30. The van der Waals surface area contributed by atoms with Crippen LogP contribution in [0.3, 0.4) is 0 Å². The number of hydrogen-bond acceptors (Lipinski definition) is 5. The second kappa shape index (κ2) is 12.3. The highest BCUT2D eigenvalue weighted by molar-refractivity contribution is 9.11. The first-order valence-electron chi connectivity index (χ1n) is 13.8. The van der Waals surface area contributed by atoms with Crippen LogP contribution in [0.15, 0.2) is 70.1 Å². The van der Waals surface area contributed by atoms with Crippen molar-refractivity contribution in [3.05, 3.63) is 86.0 Å². The van der Waals surface area contributed by atoms with E-state index in [-0.39, 0.29) is 16.6 Å². The van der Waals surface area contributed by atoms with Crippen LogP contribution in [-0.2, 0) is 16.0 Å². The average Bonchev–Trinajstić information content (AvgIpc) is 3.24. The van der Waals surface area contributed by atoms with Crippen molar-refractivity contribution in [2.75, 3.05) is 38.3 Å². The molecule has 2 aliphatic rings. The zero-order valence-electron chi connectivity index (χ0n) is 23.6. The summed E-state index contributed by atoms with van der Waals surface area (Å²) >= 11 is 19.5. The largest absolute Gasteiger partial charge is 0.383 e. The van der Waals surface area contributed by atoms with E-state index in [4.69, 9.17) is 32.7 Å². The van der Waals surface area contributed by atoms with Crippen molar-refractivity contribution in [2.24, 2.45) is 10.8 Å². The van der Waals surface area contributed by atoms with Crippen LogP contribution in [0.4, 0.5) is 10.1 Å². The van der Waals surface area contributed by atoms with Gasteiger partial charge >= 0.3 is 0 Å². The van der Waals surface area contributed by atoms with Gasteiger partial charge in [-0.1, -0.05) is 37.0 Å². The van der Waals surface area contributed by atoms with Crippen LogP contribution >= 0.6 is 55.1 Å². The van der Waals surface area contributed by atoms with Gasteiger partial charge in [-0.25, -0.2) is 4.39 Å². The van der Waals surface area contributed by atoms with Gasteiger partial charge in [0.2, 0.25) is 0 Å². The van der Waals surface area contributed by atoms with Gasteiger partial charge in [-0.2, -0.15) is 0 Å². The second-order valence-corrected chi connectivity index (χ2v) is 14.5. The van der Waals surface area contributed by atoms with Gasteiger partial charge < -0.3 is 19.4 Å². The van der Waals surface area contributed by atoms with Crippen LogP contribution in [-0.4, -0.2) is 47.5 Å². The predicted molar refractivity (Wildman–Crippen MR) is 179 cm³/mol. The molecule has 1 N–H and O–H groups in total. The third-order valence-corrected chi connectivity index (χ3v) is 9.50. The summed E-state index contributed by atoms with van der Waals surface area (Å²) in [4.78, 5) is 8.09. The van der Waals surface area contributed by atoms with Gasteiger partial charge in [0.15, 0.2) is 0 Å². The highest BCUT2D eigenvalue weighted by atomic mass is 79.9. The monoisotopic (exact) mass is 748 g/mol. The van der Waals surface area contributed by atoms with Crippen molar-refractivity contribution in [1.82, 2.24) is 14.5 Å². The van der Waals surface area contributed by atoms with Crippen LogP contribution in [0.5, 0.6) is 0 Å². The molecular weight excluding hydrogens is 722 g/mol. The molecule has 5 aromatic rings. The summed E-state index contributed by atoms with van der Waals surface area (Å²) in [6, 6.07) is 11.2. The first-order chi connectivity index (χ1) is 20.6. The SMILES string of the molecule is CC1(CNc2c(Br)cc(Cl)cc2-c2ccncc2F)COC1.CC1(Cn2c3cnccc3c3cc(Cl)cc(Br)c32)COC1. The molecule has 2 aliphatic heterocycles. The first kappa shape index (κ1) is 30.7. The highest BCUT2D eigenvalue weighted by Gasteiger charge is 2.35. The van der Waals surface area contributed by atoms with Crippen LogP contribution in [0.1, 0.15) is 13.8 Å². The number of anilines is 1. The van der Waals surface area contributed by atoms with Crippen molar-refractivity contribution in [3.63, 3.8) is 0 Å². The Labute approximate surface area is 276 Å². The minimum Gasteiger partial charge on any atom is -0.383 e. The minimum absolute atomic E-state index is 0.104. The molecule has 5 heterocycles. The molecule has 11 heteroatoms. The molecule has 0 bridgehead atoms. The molecule has 7 rings (SSSR count). The Balaban J connectivity index is 0.000000153. The second-order valence-electron chi connectivity index (χ2n) is 11.9. The maximum atomic E-state index is 14.1. The van der Waals surface area contributed by atoms with E-state index in [0.29, 0.717) is 16.1 Å². The first-order valence-corrected chi connectivity index (χ1v) is 16.1. The van der Waals surface area contributed by atoms with Gasteiger partial charge in [0.1, 0.15) is 5.82 Å². The highest BCUT2D eigenvalue weighted by Crippen LogP contribution is 2.40.